The van der Waals surface area contributed by atoms with Crippen LogP contribution in [0.15, 0.2) is 30.3 Å². The van der Waals surface area contributed by atoms with Gasteiger partial charge in [-0.25, -0.2) is 0 Å². The van der Waals surface area contributed by atoms with Crippen LogP contribution in [0, 0.1) is 5.41 Å². The first-order chi connectivity index (χ1) is 11.2. The van der Waals surface area contributed by atoms with Crippen molar-refractivity contribution in [1.82, 2.24) is 5.32 Å². The molecule has 0 aliphatic heterocycles. The van der Waals surface area contributed by atoms with Crippen molar-refractivity contribution in [3.05, 3.63) is 30.3 Å². The summed E-state index contributed by atoms with van der Waals surface area (Å²) >= 11 is 0. The average Bonchev–Trinajstić information content (AvgIpc) is 2.60. The molecule has 2 rings (SSSR count). The fourth-order valence-corrected chi connectivity index (χ4v) is 3.51. The second kappa shape index (κ2) is 8.92. The molecule has 1 saturated carbocycles. The van der Waals surface area contributed by atoms with E-state index in [0.717, 1.165) is 32.4 Å². The molecule has 1 aliphatic rings. The molecule has 0 saturated heterocycles. The minimum Gasteiger partial charge on any atom is -0.375 e. The van der Waals surface area contributed by atoms with Crippen LogP contribution in [0.3, 0.4) is 0 Å². The van der Waals surface area contributed by atoms with Crippen molar-refractivity contribution >= 4 is 11.6 Å². The van der Waals surface area contributed by atoms with E-state index >= 15 is 0 Å². The van der Waals surface area contributed by atoms with Gasteiger partial charge in [0.15, 0.2) is 0 Å². The molecular formula is C19H31N3O. The van der Waals surface area contributed by atoms with E-state index in [0.29, 0.717) is 13.0 Å². The van der Waals surface area contributed by atoms with E-state index < -0.39 is 0 Å². The van der Waals surface area contributed by atoms with E-state index in [9.17, 15) is 4.79 Å². The van der Waals surface area contributed by atoms with Gasteiger partial charge < -0.3 is 16.0 Å². The number of nitrogens with one attached hydrogen (secondary N) is 1. The summed E-state index contributed by atoms with van der Waals surface area (Å²) in [5, 5.41) is 3.07. The fraction of sp³-hybridized carbons (Fsp3) is 0.632. The predicted molar refractivity (Wildman–Crippen MR) is 96.5 cm³/mol. The number of hydrogen-bond acceptors (Lipinski definition) is 3. The van der Waals surface area contributed by atoms with Crippen molar-refractivity contribution in [2.75, 3.05) is 31.6 Å². The SMILES string of the molecule is CN(CCCNC(=O)CC1(CN)CCCCC1)c1ccccc1. The number of carbonyl (C=O) groups is 1. The van der Waals surface area contributed by atoms with Gasteiger partial charge in [0, 0.05) is 32.2 Å². The lowest BCUT2D eigenvalue weighted by atomic mass is 9.71. The average molecular weight is 317 g/mol. The normalized spacial score (nSPS) is 16.8. The molecule has 0 heterocycles. The zero-order valence-electron chi connectivity index (χ0n) is 14.4. The third-order valence-corrected chi connectivity index (χ3v) is 5.07. The Morgan fingerprint density at radius 3 is 2.57 bits per heavy atom. The highest BCUT2D eigenvalue weighted by Gasteiger charge is 2.32. The lowest BCUT2D eigenvalue weighted by Gasteiger charge is -2.35. The Kier molecular flexibility index (Phi) is 6.90. The number of benzene rings is 1. The monoisotopic (exact) mass is 317 g/mol. The van der Waals surface area contributed by atoms with Crippen molar-refractivity contribution in [2.24, 2.45) is 11.1 Å². The van der Waals surface area contributed by atoms with Crippen LogP contribution < -0.4 is 16.0 Å². The van der Waals surface area contributed by atoms with Crippen molar-refractivity contribution < 1.29 is 4.79 Å². The molecule has 1 fully saturated rings. The number of hydrogen-bond donors (Lipinski definition) is 2. The van der Waals surface area contributed by atoms with Gasteiger partial charge in [-0.2, -0.15) is 0 Å². The Balaban J connectivity index is 1.66. The lowest BCUT2D eigenvalue weighted by molar-refractivity contribution is -0.123. The molecule has 23 heavy (non-hydrogen) atoms. The maximum absolute atomic E-state index is 12.2. The molecule has 3 N–H and O–H groups in total. The van der Waals surface area contributed by atoms with E-state index in [2.05, 4.69) is 29.4 Å². The summed E-state index contributed by atoms with van der Waals surface area (Å²) in [6.07, 6.45) is 7.47. The Hall–Kier alpha value is -1.55. The molecule has 1 amide bonds. The summed E-state index contributed by atoms with van der Waals surface area (Å²) in [5.41, 5.74) is 7.23. The van der Waals surface area contributed by atoms with Gasteiger partial charge in [-0.05, 0) is 43.4 Å². The molecule has 4 nitrogen and oxygen atoms in total. The number of amides is 1. The van der Waals surface area contributed by atoms with Gasteiger partial charge in [0.05, 0.1) is 0 Å². The van der Waals surface area contributed by atoms with E-state index in [4.69, 9.17) is 5.73 Å². The van der Waals surface area contributed by atoms with Gasteiger partial charge in [-0.1, -0.05) is 37.5 Å². The Morgan fingerprint density at radius 1 is 1.22 bits per heavy atom. The van der Waals surface area contributed by atoms with Gasteiger partial charge in [-0.3, -0.25) is 4.79 Å². The molecular weight excluding hydrogens is 286 g/mol. The summed E-state index contributed by atoms with van der Waals surface area (Å²) in [7, 11) is 2.09. The summed E-state index contributed by atoms with van der Waals surface area (Å²) in [6.45, 7) is 2.31. The molecule has 1 aromatic rings. The van der Waals surface area contributed by atoms with Crippen LogP contribution in [-0.2, 0) is 4.79 Å². The van der Waals surface area contributed by atoms with Gasteiger partial charge in [0.1, 0.15) is 0 Å². The molecule has 4 heteroatoms. The van der Waals surface area contributed by atoms with E-state index in [1.807, 2.05) is 18.2 Å². The Bertz CT molecular complexity index is 469. The van der Waals surface area contributed by atoms with Crippen LogP contribution in [0.4, 0.5) is 5.69 Å². The van der Waals surface area contributed by atoms with E-state index in [1.54, 1.807) is 0 Å². The molecule has 1 aromatic carbocycles. The number of para-hydroxylation sites is 1. The van der Waals surface area contributed by atoms with Gasteiger partial charge >= 0.3 is 0 Å². The van der Waals surface area contributed by atoms with Gasteiger partial charge in [0.25, 0.3) is 0 Å². The summed E-state index contributed by atoms with van der Waals surface area (Å²) in [4.78, 5) is 14.4. The van der Waals surface area contributed by atoms with Crippen molar-refractivity contribution in [3.63, 3.8) is 0 Å². The smallest absolute Gasteiger partial charge is 0.220 e. The minimum absolute atomic E-state index is 0.0587. The first kappa shape index (κ1) is 17.8. The highest BCUT2D eigenvalue weighted by Crippen LogP contribution is 2.38. The molecule has 0 radical (unpaired) electrons. The first-order valence-corrected chi connectivity index (χ1v) is 8.88. The van der Waals surface area contributed by atoms with Crippen LogP contribution in [0.1, 0.15) is 44.9 Å². The second-order valence-corrected chi connectivity index (χ2v) is 6.90. The van der Waals surface area contributed by atoms with Crippen LogP contribution in [0.2, 0.25) is 0 Å². The van der Waals surface area contributed by atoms with E-state index in [-0.39, 0.29) is 11.3 Å². The molecule has 0 spiro atoms. The van der Waals surface area contributed by atoms with Crippen LogP contribution in [-0.4, -0.2) is 32.6 Å². The van der Waals surface area contributed by atoms with Crippen LogP contribution in [0.25, 0.3) is 0 Å². The zero-order chi connectivity index (χ0) is 16.5. The second-order valence-electron chi connectivity index (χ2n) is 6.90. The molecule has 1 aliphatic carbocycles. The van der Waals surface area contributed by atoms with Gasteiger partial charge in [-0.15, -0.1) is 0 Å². The third kappa shape index (κ3) is 5.54. The van der Waals surface area contributed by atoms with Crippen LogP contribution >= 0.6 is 0 Å². The molecule has 0 unspecified atom stereocenters. The highest BCUT2D eigenvalue weighted by atomic mass is 16.1. The summed E-state index contributed by atoms with van der Waals surface area (Å²) in [5.74, 6) is 0.166. The van der Waals surface area contributed by atoms with Crippen molar-refractivity contribution in [2.45, 2.75) is 44.9 Å². The molecule has 128 valence electrons. The van der Waals surface area contributed by atoms with Gasteiger partial charge in [0.2, 0.25) is 5.91 Å². The number of anilines is 1. The molecule has 0 aromatic heterocycles. The largest absolute Gasteiger partial charge is 0.375 e. The van der Waals surface area contributed by atoms with Crippen molar-refractivity contribution in [3.8, 4) is 0 Å². The lowest BCUT2D eigenvalue weighted by Crippen LogP contribution is -2.39. The quantitative estimate of drug-likeness (QED) is 0.725. The number of carbonyl (C=O) groups excluding carboxylic acids is 1. The number of nitrogens with zero attached hydrogens (tertiary/aromatic N) is 1. The maximum Gasteiger partial charge on any atom is 0.220 e. The zero-order valence-corrected chi connectivity index (χ0v) is 14.4. The summed E-state index contributed by atoms with van der Waals surface area (Å²) < 4.78 is 0. The Labute approximate surface area is 140 Å². The minimum atomic E-state index is 0.0587. The topological polar surface area (TPSA) is 58.4 Å². The van der Waals surface area contributed by atoms with E-state index in [1.165, 1.54) is 24.9 Å². The first-order valence-electron chi connectivity index (χ1n) is 8.88. The fourth-order valence-electron chi connectivity index (χ4n) is 3.51. The number of rotatable bonds is 8. The molecule has 0 atom stereocenters. The standard InChI is InChI=1S/C19H31N3O/c1-22(17-9-4-2-5-10-17)14-8-13-21-18(23)15-19(16-20)11-6-3-7-12-19/h2,4-5,9-10H,3,6-8,11-16,20H2,1H3,(H,21,23). The summed E-state index contributed by atoms with van der Waals surface area (Å²) in [6, 6.07) is 10.3. The Morgan fingerprint density at radius 2 is 1.91 bits per heavy atom. The third-order valence-electron chi connectivity index (χ3n) is 5.07. The molecule has 0 bridgehead atoms. The van der Waals surface area contributed by atoms with Crippen molar-refractivity contribution in [1.29, 1.82) is 0 Å². The highest BCUT2D eigenvalue weighted by molar-refractivity contribution is 5.76. The van der Waals surface area contributed by atoms with Crippen LogP contribution in [0.5, 0.6) is 0 Å². The maximum atomic E-state index is 12.2. The predicted octanol–water partition coefficient (Wildman–Crippen LogP) is 2.93. The number of nitrogens with two attached hydrogens (primary N) is 1.